The van der Waals surface area contributed by atoms with Crippen LogP contribution in [0.2, 0.25) is 5.02 Å². The Hall–Kier alpha value is -0.610. The van der Waals surface area contributed by atoms with Crippen LogP contribution in [0.15, 0.2) is 24.3 Å². The molecule has 0 spiro atoms. The van der Waals surface area contributed by atoms with Gasteiger partial charge in [0, 0.05) is 23.4 Å². The van der Waals surface area contributed by atoms with E-state index in [-0.39, 0.29) is 11.7 Å². The predicted octanol–water partition coefficient (Wildman–Crippen LogP) is 2.72. The largest absolute Gasteiger partial charge is 0.350 e. The number of ether oxygens (including phenoxy) is 2. The number of hydrogen-bond donors (Lipinski definition) is 1. The Morgan fingerprint density at radius 2 is 1.95 bits per heavy atom. The van der Waals surface area contributed by atoms with Gasteiger partial charge in [0.1, 0.15) is 0 Å². The molecule has 0 saturated carbocycles. The van der Waals surface area contributed by atoms with Crippen LogP contribution in [-0.4, -0.2) is 32.6 Å². The minimum Gasteiger partial charge on any atom is -0.350 e. The molecule has 0 radical (unpaired) electrons. The summed E-state index contributed by atoms with van der Waals surface area (Å²) in [6.07, 6.45) is 3.22. The van der Waals surface area contributed by atoms with E-state index in [4.69, 9.17) is 21.1 Å². The Morgan fingerprint density at radius 1 is 1.21 bits per heavy atom. The molecular formula is C15H20ClNO2. The Labute approximate surface area is 119 Å². The zero-order chi connectivity index (χ0) is 13.1. The summed E-state index contributed by atoms with van der Waals surface area (Å²) in [5.41, 5.74) is 1.45. The summed E-state index contributed by atoms with van der Waals surface area (Å²) < 4.78 is 11.3. The van der Waals surface area contributed by atoms with Crippen LogP contribution in [0.3, 0.4) is 0 Å². The summed E-state index contributed by atoms with van der Waals surface area (Å²) in [6, 6.07) is 8.24. The van der Waals surface area contributed by atoms with E-state index in [0.717, 1.165) is 37.7 Å². The monoisotopic (exact) mass is 281 g/mol. The lowest BCUT2D eigenvalue weighted by Crippen LogP contribution is -2.45. The van der Waals surface area contributed by atoms with E-state index in [9.17, 15) is 0 Å². The third kappa shape index (κ3) is 2.95. The molecule has 1 aromatic rings. The molecule has 1 aromatic carbocycles. The van der Waals surface area contributed by atoms with Gasteiger partial charge >= 0.3 is 0 Å². The smallest absolute Gasteiger partial charge is 0.158 e. The van der Waals surface area contributed by atoms with E-state index in [1.54, 1.807) is 0 Å². The van der Waals surface area contributed by atoms with Gasteiger partial charge < -0.3 is 14.8 Å². The number of piperidine rings is 1. The fourth-order valence-electron chi connectivity index (χ4n) is 3.15. The average Bonchev–Trinajstić information content (AvgIpc) is 2.93. The van der Waals surface area contributed by atoms with Crippen LogP contribution in [-0.2, 0) is 14.9 Å². The van der Waals surface area contributed by atoms with Crippen molar-refractivity contribution in [1.29, 1.82) is 0 Å². The van der Waals surface area contributed by atoms with Crippen LogP contribution in [0.25, 0.3) is 0 Å². The zero-order valence-corrected chi connectivity index (χ0v) is 11.8. The summed E-state index contributed by atoms with van der Waals surface area (Å²) in [5.74, 6) is 0. The molecule has 3 rings (SSSR count). The normalized spacial score (nSPS) is 28.7. The summed E-state index contributed by atoms with van der Waals surface area (Å²) in [7, 11) is 0. The van der Waals surface area contributed by atoms with Crippen LogP contribution < -0.4 is 5.32 Å². The van der Waals surface area contributed by atoms with E-state index in [1.165, 1.54) is 18.4 Å². The van der Waals surface area contributed by atoms with Crippen LogP contribution in [0.5, 0.6) is 0 Å². The molecule has 2 saturated heterocycles. The fourth-order valence-corrected chi connectivity index (χ4v) is 3.28. The summed E-state index contributed by atoms with van der Waals surface area (Å²) in [6.45, 7) is 3.52. The molecule has 2 aliphatic heterocycles. The third-order valence-corrected chi connectivity index (χ3v) is 4.43. The second kappa shape index (κ2) is 5.80. The molecule has 4 heteroatoms. The number of nitrogens with one attached hydrogen (secondary N) is 1. The Bertz CT molecular complexity index is 409. The molecule has 2 fully saturated rings. The van der Waals surface area contributed by atoms with Gasteiger partial charge in [0.25, 0.3) is 0 Å². The van der Waals surface area contributed by atoms with Gasteiger partial charge in [0.05, 0.1) is 13.2 Å². The molecule has 104 valence electrons. The lowest BCUT2D eigenvalue weighted by atomic mass is 9.72. The van der Waals surface area contributed by atoms with Crippen molar-refractivity contribution < 1.29 is 9.47 Å². The van der Waals surface area contributed by atoms with Gasteiger partial charge in [0.2, 0.25) is 0 Å². The zero-order valence-electron chi connectivity index (χ0n) is 11.0. The summed E-state index contributed by atoms with van der Waals surface area (Å²) in [4.78, 5) is 0. The second-order valence-corrected chi connectivity index (χ2v) is 5.88. The quantitative estimate of drug-likeness (QED) is 0.924. The third-order valence-electron chi connectivity index (χ3n) is 4.18. The lowest BCUT2D eigenvalue weighted by molar-refractivity contribution is -0.0639. The first kappa shape index (κ1) is 13.4. The molecule has 0 bridgehead atoms. The molecule has 3 nitrogen and oxygen atoms in total. The first-order valence-corrected chi connectivity index (χ1v) is 7.36. The fraction of sp³-hybridized carbons (Fsp3) is 0.600. The molecule has 0 aromatic heterocycles. The van der Waals surface area contributed by atoms with Crippen molar-refractivity contribution in [3.8, 4) is 0 Å². The highest BCUT2D eigenvalue weighted by atomic mass is 35.5. The highest BCUT2D eigenvalue weighted by molar-refractivity contribution is 6.30. The van der Waals surface area contributed by atoms with Crippen LogP contribution in [0.1, 0.15) is 24.8 Å². The maximum absolute atomic E-state index is 6.00. The topological polar surface area (TPSA) is 30.5 Å². The van der Waals surface area contributed by atoms with Crippen molar-refractivity contribution in [3.05, 3.63) is 34.9 Å². The van der Waals surface area contributed by atoms with Gasteiger partial charge in [-0.05, 0) is 37.1 Å². The van der Waals surface area contributed by atoms with Crippen molar-refractivity contribution in [2.75, 3.05) is 26.3 Å². The SMILES string of the molecule is Clc1ccc(C2(CC3OCCO3)CCCNC2)cc1. The Morgan fingerprint density at radius 3 is 2.58 bits per heavy atom. The van der Waals surface area contributed by atoms with Crippen LogP contribution >= 0.6 is 11.6 Å². The molecule has 1 unspecified atom stereocenters. The van der Waals surface area contributed by atoms with E-state index in [0.29, 0.717) is 0 Å². The Balaban J connectivity index is 1.84. The van der Waals surface area contributed by atoms with Crippen molar-refractivity contribution in [2.24, 2.45) is 0 Å². The molecular weight excluding hydrogens is 262 g/mol. The van der Waals surface area contributed by atoms with Crippen molar-refractivity contribution in [2.45, 2.75) is 31.0 Å². The highest BCUT2D eigenvalue weighted by Gasteiger charge is 2.37. The number of hydrogen-bond acceptors (Lipinski definition) is 3. The van der Waals surface area contributed by atoms with Gasteiger partial charge in [-0.2, -0.15) is 0 Å². The van der Waals surface area contributed by atoms with Gasteiger partial charge in [0.15, 0.2) is 6.29 Å². The molecule has 19 heavy (non-hydrogen) atoms. The van der Waals surface area contributed by atoms with Gasteiger partial charge in [-0.15, -0.1) is 0 Å². The average molecular weight is 282 g/mol. The predicted molar refractivity (Wildman–Crippen MR) is 75.5 cm³/mol. The second-order valence-electron chi connectivity index (χ2n) is 5.44. The summed E-state index contributed by atoms with van der Waals surface area (Å²) in [5, 5.41) is 4.31. The standard InChI is InChI=1S/C15H20ClNO2/c16-13-4-2-12(3-5-13)15(6-1-7-17-11-15)10-14-18-8-9-19-14/h2-5,14,17H,1,6-11H2. The molecule has 2 aliphatic rings. The van der Waals surface area contributed by atoms with Crippen molar-refractivity contribution >= 4 is 11.6 Å². The minimum absolute atomic E-state index is 0.0596. The summed E-state index contributed by atoms with van der Waals surface area (Å²) >= 11 is 6.00. The van der Waals surface area contributed by atoms with Crippen molar-refractivity contribution in [3.63, 3.8) is 0 Å². The van der Waals surface area contributed by atoms with E-state index < -0.39 is 0 Å². The van der Waals surface area contributed by atoms with Gasteiger partial charge in [-0.3, -0.25) is 0 Å². The molecule has 0 aliphatic carbocycles. The van der Waals surface area contributed by atoms with E-state index >= 15 is 0 Å². The molecule has 0 amide bonds. The van der Waals surface area contributed by atoms with E-state index in [1.807, 2.05) is 12.1 Å². The maximum atomic E-state index is 6.00. The number of benzene rings is 1. The molecule has 2 heterocycles. The van der Waals surface area contributed by atoms with Crippen LogP contribution in [0, 0.1) is 0 Å². The highest BCUT2D eigenvalue weighted by Crippen LogP contribution is 2.37. The van der Waals surface area contributed by atoms with E-state index in [2.05, 4.69) is 17.4 Å². The molecule has 1 atom stereocenters. The number of rotatable bonds is 3. The first-order chi connectivity index (χ1) is 9.28. The lowest BCUT2D eigenvalue weighted by Gasteiger charge is -2.39. The first-order valence-electron chi connectivity index (χ1n) is 6.99. The van der Waals surface area contributed by atoms with Crippen LogP contribution in [0.4, 0.5) is 0 Å². The van der Waals surface area contributed by atoms with Gasteiger partial charge in [-0.1, -0.05) is 23.7 Å². The minimum atomic E-state index is -0.0596. The number of halogens is 1. The maximum Gasteiger partial charge on any atom is 0.158 e. The molecule has 1 N–H and O–H groups in total. The van der Waals surface area contributed by atoms with Gasteiger partial charge in [-0.25, -0.2) is 0 Å². The van der Waals surface area contributed by atoms with Crippen molar-refractivity contribution in [1.82, 2.24) is 5.32 Å². The Kier molecular flexibility index (Phi) is 4.08.